The van der Waals surface area contributed by atoms with Crippen LogP contribution >= 0.6 is 11.6 Å². The zero-order valence-electron chi connectivity index (χ0n) is 14.6. The number of likely N-dealkylation sites (N-methyl/N-ethyl adjacent to an activating group) is 1. The predicted molar refractivity (Wildman–Crippen MR) is 98.0 cm³/mol. The monoisotopic (exact) mass is 376 g/mol. The third kappa shape index (κ3) is 4.42. The number of piperazine rings is 1. The quantitative estimate of drug-likeness (QED) is 0.862. The van der Waals surface area contributed by atoms with E-state index in [0.29, 0.717) is 23.9 Å². The van der Waals surface area contributed by atoms with Crippen molar-refractivity contribution in [2.24, 2.45) is 0 Å². The van der Waals surface area contributed by atoms with Crippen molar-refractivity contribution in [3.8, 4) is 11.3 Å². The maximum absolute atomic E-state index is 12.2. The van der Waals surface area contributed by atoms with E-state index in [1.165, 1.54) is 6.07 Å². The number of benzene rings is 1. The van der Waals surface area contributed by atoms with Gasteiger partial charge in [-0.3, -0.25) is 9.59 Å². The summed E-state index contributed by atoms with van der Waals surface area (Å²) in [7, 11) is 0. The largest absolute Gasteiger partial charge is 0.355 e. The van der Waals surface area contributed by atoms with Gasteiger partial charge in [-0.25, -0.2) is 0 Å². The summed E-state index contributed by atoms with van der Waals surface area (Å²) in [5, 5.41) is 6.95. The van der Waals surface area contributed by atoms with Gasteiger partial charge in [-0.15, -0.1) is 0 Å². The van der Waals surface area contributed by atoms with E-state index < -0.39 is 5.91 Å². The van der Waals surface area contributed by atoms with E-state index in [9.17, 15) is 9.59 Å². The van der Waals surface area contributed by atoms with Crippen molar-refractivity contribution < 1.29 is 14.1 Å². The summed E-state index contributed by atoms with van der Waals surface area (Å²) in [4.78, 5) is 28.5. The summed E-state index contributed by atoms with van der Waals surface area (Å²) < 4.78 is 5.20. The lowest BCUT2D eigenvalue weighted by molar-refractivity contribution is -0.131. The van der Waals surface area contributed by atoms with Gasteiger partial charge in [0.15, 0.2) is 11.5 Å². The van der Waals surface area contributed by atoms with E-state index in [4.69, 9.17) is 16.1 Å². The number of carbonyl (C=O) groups is 2. The minimum absolute atomic E-state index is 0.0513. The Morgan fingerprint density at radius 1 is 1.23 bits per heavy atom. The number of carbonyl (C=O) groups excluding carboxylic acids is 2. The molecule has 26 heavy (non-hydrogen) atoms. The molecule has 1 saturated heterocycles. The summed E-state index contributed by atoms with van der Waals surface area (Å²) in [5.74, 6) is -0.0881. The normalized spacial score (nSPS) is 15.1. The van der Waals surface area contributed by atoms with Crippen molar-refractivity contribution in [1.29, 1.82) is 0 Å². The third-order valence-electron chi connectivity index (χ3n) is 4.42. The molecule has 0 radical (unpaired) electrons. The molecule has 2 amide bonds. The van der Waals surface area contributed by atoms with Crippen LogP contribution in [0, 0.1) is 0 Å². The predicted octanol–water partition coefficient (Wildman–Crippen LogP) is 1.89. The number of rotatable bonds is 5. The number of hydrogen-bond acceptors (Lipinski definition) is 5. The first-order chi connectivity index (χ1) is 12.6. The highest BCUT2D eigenvalue weighted by Crippen LogP contribution is 2.23. The molecule has 1 aliphatic heterocycles. The summed E-state index contributed by atoms with van der Waals surface area (Å²) >= 11 is 5.95. The van der Waals surface area contributed by atoms with Gasteiger partial charge < -0.3 is 19.6 Å². The van der Waals surface area contributed by atoms with Gasteiger partial charge in [-0.1, -0.05) is 35.8 Å². The van der Waals surface area contributed by atoms with Crippen LogP contribution in [0.1, 0.15) is 17.4 Å². The highest BCUT2D eigenvalue weighted by atomic mass is 35.5. The van der Waals surface area contributed by atoms with Crippen LogP contribution in [0.3, 0.4) is 0 Å². The number of nitrogens with one attached hydrogen (secondary N) is 1. The number of amides is 2. The fraction of sp³-hybridized carbons (Fsp3) is 0.389. The molecule has 0 aliphatic carbocycles. The van der Waals surface area contributed by atoms with Crippen molar-refractivity contribution in [2.45, 2.75) is 6.92 Å². The van der Waals surface area contributed by atoms with E-state index >= 15 is 0 Å². The van der Waals surface area contributed by atoms with Crippen molar-refractivity contribution in [3.63, 3.8) is 0 Å². The highest BCUT2D eigenvalue weighted by molar-refractivity contribution is 6.30. The van der Waals surface area contributed by atoms with Crippen LogP contribution in [0.2, 0.25) is 5.02 Å². The Labute approximate surface area is 156 Å². The first-order valence-corrected chi connectivity index (χ1v) is 8.95. The Bertz CT molecular complexity index is 784. The fourth-order valence-electron chi connectivity index (χ4n) is 2.83. The molecular weight excluding hydrogens is 356 g/mol. The lowest BCUT2D eigenvalue weighted by Crippen LogP contribution is -2.51. The van der Waals surface area contributed by atoms with E-state index in [1.54, 1.807) is 23.1 Å². The fourth-order valence-corrected chi connectivity index (χ4v) is 3.02. The minimum Gasteiger partial charge on any atom is -0.355 e. The van der Waals surface area contributed by atoms with Gasteiger partial charge in [0.05, 0.1) is 6.54 Å². The molecule has 1 aromatic heterocycles. The lowest BCUT2D eigenvalue weighted by Gasteiger charge is -2.34. The molecule has 0 spiro atoms. The number of hydrogen-bond donors (Lipinski definition) is 1. The molecule has 7 nitrogen and oxygen atoms in total. The van der Waals surface area contributed by atoms with Crippen molar-refractivity contribution in [1.82, 2.24) is 20.3 Å². The van der Waals surface area contributed by atoms with Gasteiger partial charge in [0, 0.05) is 42.8 Å². The van der Waals surface area contributed by atoms with Crippen molar-refractivity contribution in [2.75, 3.05) is 39.3 Å². The Kier molecular flexibility index (Phi) is 5.90. The SMILES string of the molecule is CCN1CCN(C(=O)CNC(=O)c2cc(-c3cccc(Cl)c3)on2)CC1. The summed E-state index contributed by atoms with van der Waals surface area (Å²) in [6.07, 6.45) is 0. The van der Waals surface area contributed by atoms with E-state index in [2.05, 4.69) is 22.3 Å². The molecule has 2 aromatic rings. The van der Waals surface area contributed by atoms with Gasteiger partial charge >= 0.3 is 0 Å². The molecule has 3 rings (SSSR count). The Hall–Kier alpha value is -2.38. The van der Waals surface area contributed by atoms with Crippen LogP contribution in [0.25, 0.3) is 11.3 Å². The summed E-state index contributed by atoms with van der Waals surface area (Å²) in [5.41, 5.74) is 0.859. The number of nitrogens with zero attached hydrogens (tertiary/aromatic N) is 3. The average molecular weight is 377 g/mol. The number of aromatic nitrogens is 1. The van der Waals surface area contributed by atoms with E-state index in [-0.39, 0.29) is 18.1 Å². The minimum atomic E-state index is -0.442. The number of halogens is 1. The van der Waals surface area contributed by atoms with Crippen LogP contribution in [-0.2, 0) is 4.79 Å². The molecule has 8 heteroatoms. The maximum Gasteiger partial charge on any atom is 0.273 e. The van der Waals surface area contributed by atoms with Crippen molar-refractivity contribution in [3.05, 3.63) is 41.0 Å². The molecule has 0 atom stereocenters. The molecule has 138 valence electrons. The molecular formula is C18H21ClN4O3. The van der Waals surface area contributed by atoms with E-state index in [1.807, 2.05) is 6.07 Å². The van der Waals surface area contributed by atoms with Gasteiger partial charge in [-0.2, -0.15) is 0 Å². The maximum atomic E-state index is 12.2. The molecule has 0 saturated carbocycles. The standard InChI is InChI=1S/C18H21ClN4O3/c1-2-22-6-8-23(9-7-22)17(24)12-20-18(25)15-11-16(26-21-15)13-4-3-5-14(19)10-13/h3-5,10-11H,2,6-9,12H2,1H3,(H,20,25). The van der Waals surface area contributed by atoms with Crippen LogP contribution < -0.4 is 5.32 Å². The second kappa shape index (κ2) is 8.33. The highest BCUT2D eigenvalue weighted by Gasteiger charge is 2.21. The molecule has 1 aliphatic rings. The molecule has 1 fully saturated rings. The summed E-state index contributed by atoms with van der Waals surface area (Å²) in [6, 6.07) is 8.61. The zero-order valence-corrected chi connectivity index (χ0v) is 15.3. The average Bonchev–Trinajstić information content (AvgIpc) is 3.16. The van der Waals surface area contributed by atoms with Gasteiger partial charge in [0.2, 0.25) is 5.91 Å². The van der Waals surface area contributed by atoms with Crippen LogP contribution in [0.15, 0.2) is 34.9 Å². The van der Waals surface area contributed by atoms with Crippen molar-refractivity contribution >= 4 is 23.4 Å². The molecule has 2 heterocycles. The van der Waals surface area contributed by atoms with Gasteiger partial charge in [-0.05, 0) is 18.7 Å². The van der Waals surface area contributed by atoms with Crippen LogP contribution in [-0.4, -0.2) is 66.0 Å². The second-order valence-corrected chi connectivity index (χ2v) is 6.52. The van der Waals surface area contributed by atoms with Gasteiger partial charge in [0.1, 0.15) is 0 Å². The Morgan fingerprint density at radius 2 is 2.00 bits per heavy atom. The second-order valence-electron chi connectivity index (χ2n) is 6.08. The molecule has 0 unspecified atom stereocenters. The van der Waals surface area contributed by atoms with Crippen LogP contribution in [0.5, 0.6) is 0 Å². The Morgan fingerprint density at radius 3 is 2.69 bits per heavy atom. The lowest BCUT2D eigenvalue weighted by atomic mass is 10.1. The first kappa shape index (κ1) is 18.4. The van der Waals surface area contributed by atoms with Gasteiger partial charge in [0.25, 0.3) is 5.91 Å². The van der Waals surface area contributed by atoms with Crippen LogP contribution in [0.4, 0.5) is 0 Å². The molecule has 1 aromatic carbocycles. The Balaban J connectivity index is 1.53. The summed E-state index contributed by atoms with van der Waals surface area (Å²) in [6.45, 7) is 6.14. The molecule has 0 bridgehead atoms. The molecule has 1 N–H and O–H groups in total. The smallest absolute Gasteiger partial charge is 0.273 e. The zero-order chi connectivity index (χ0) is 18.5. The van der Waals surface area contributed by atoms with E-state index in [0.717, 1.165) is 25.2 Å². The third-order valence-corrected chi connectivity index (χ3v) is 4.66. The topological polar surface area (TPSA) is 78.7 Å². The first-order valence-electron chi connectivity index (χ1n) is 8.58.